The predicted molar refractivity (Wildman–Crippen MR) is 43.0 cm³/mol. The molecule has 2 N–H and O–H groups in total. The van der Waals surface area contributed by atoms with Crippen molar-refractivity contribution in [3.8, 4) is 0 Å². The number of nitrogen functional groups attached to an aromatic ring is 1. The summed E-state index contributed by atoms with van der Waals surface area (Å²) in [4.78, 5) is 13.3. The van der Waals surface area contributed by atoms with Gasteiger partial charge < -0.3 is 15.6 Å². The van der Waals surface area contributed by atoms with Crippen molar-refractivity contribution in [2.45, 2.75) is 0 Å². The molecule has 1 aromatic heterocycles. The number of aromatic carboxylic acids is 1. The van der Waals surface area contributed by atoms with Crippen LogP contribution in [0.1, 0.15) is 10.5 Å². The van der Waals surface area contributed by atoms with Gasteiger partial charge in [-0.3, -0.25) is 0 Å². The second-order valence-electron chi connectivity index (χ2n) is 2.08. The SMILES string of the molecule is Nc1c(Cl)c(F)nc(C(=O)[O-])c1Cl.[Na+]. The van der Waals surface area contributed by atoms with Gasteiger partial charge in [-0.1, -0.05) is 23.2 Å². The largest absolute Gasteiger partial charge is 1.00 e. The molecule has 0 unspecified atom stereocenters. The van der Waals surface area contributed by atoms with Gasteiger partial charge >= 0.3 is 29.6 Å². The number of anilines is 1. The summed E-state index contributed by atoms with van der Waals surface area (Å²) in [6.07, 6.45) is 0. The fourth-order valence-electron chi connectivity index (χ4n) is 0.667. The molecule has 0 bridgehead atoms. The fraction of sp³-hybridized carbons (Fsp3) is 0. The van der Waals surface area contributed by atoms with Crippen LogP contribution in [0.4, 0.5) is 10.1 Å². The first-order valence-electron chi connectivity index (χ1n) is 2.96. The van der Waals surface area contributed by atoms with Crippen molar-refractivity contribution in [2.24, 2.45) is 0 Å². The van der Waals surface area contributed by atoms with Crippen molar-refractivity contribution in [3.63, 3.8) is 0 Å². The number of rotatable bonds is 1. The maximum absolute atomic E-state index is 12.7. The molecule has 0 aliphatic carbocycles. The number of nitrogens with two attached hydrogens (primary N) is 1. The van der Waals surface area contributed by atoms with E-state index in [0.717, 1.165) is 0 Å². The molecule has 8 heteroatoms. The topological polar surface area (TPSA) is 79.0 Å². The molecule has 1 heterocycles. The first kappa shape index (κ1) is 13.9. The van der Waals surface area contributed by atoms with E-state index >= 15 is 0 Å². The predicted octanol–water partition coefficient (Wildman–Crippen LogP) is -2.52. The van der Waals surface area contributed by atoms with Crippen LogP contribution in [0.5, 0.6) is 0 Å². The van der Waals surface area contributed by atoms with Gasteiger partial charge in [-0.2, -0.15) is 4.39 Å². The molecule has 0 saturated carbocycles. The van der Waals surface area contributed by atoms with Gasteiger partial charge in [0.15, 0.2) is 0 Å². The number of carbonyl (C=O) groups excluding carboxylic acids is 1. The molecule has 0 atom stereocenters. The molecule has 0 spiro atoms. The van der Waals surface area contributed by atoms with Crippen LogP contribution in [-0.4, -0.2) is 11.0 Å². The van der Waals surface area contributed by atoms with Crippen LogP contribution in [0.15, 0.2) is 0 Å². The molecule has 0 amide bonds. The van der Waals surface area contributed by atoms with Gasteiger partial charge in [0, 0.05) is 0 Å². The van der Waals surface area contributed by atoms with Gasteiger partial charge in [0.1, 0.15) is 10.7 Å². The van der Waals surface area contributed by atoms with E-state index in [1.54, 1.807) is 0 Å². The first-order valence-corrected chi connectivity index (χ1v) is 3.72. The number of hydrogen-bond donors (Lipinski definition) is 1. The van der Waals surface area contributed by atoms with Gasteiger partial charge in [0.05, 0.1) is 16.7 Å². The summed E-state index contributed by atoms with van der Waals surface area (Å²) in [5.74, 6) is -2.91. The third kappa shape index (κ3) is 2.49. The maximum atomic E-state index is 12.7. The summed E-state index contributed by atoms with van der Waals surface area (Å²) in [5.41, 5.74) is 4.06. The second kappa shape index (κ2) is 5.14. The number of carbonyl (C=O) groups is 1. The Morgan fingerprint density at radius 1 is 1.43 bits per heavy atom. The van der Waals surface area contributed by atoms with Crippen LogP contribution in [0.2, 0.25) is 10.0 Å². The van der Waals surface area contributed by atoms with Gasteiger partial charge in [-0.25, -0.2) is 4.98 Å². The Morgan fingerprint density at radius 3 is 2.36 bits per heavy atom. The van der Waals surface area contributed by atoms with Crippen molar-refractivity contribution in [1.29, 1.82) is 0 Å². The average Bonchev–Trinajstić information content (AvgIpc) is 2.07. The van der Waals surface area contributed by atoms with E-state index in [2.05, 4.69) is 4.98 Å². The Hall–Kier alpha value is -0.0700. The molecule has 70 valence electrons. The molecule has 1 rings (SSSR count). The van der Waals surface area contributed by atoms with Crippen LogP contribution in [0, 0.1) is 5.95 Å². The average molecular weight is 247 g/mol. The van der Waals surface area contributed by atoms with Crippen LogP contribution in [0.3, 0.4) is 0 Å². The van der Waals surface area contributed by atoms with Crippen LogP contribution in [0.25, 0.3) is 0 Å². The van der Waals surface area contributed by atoms with Crippen molar-refractivity contribution in [3.05, 3.63) is 21.7 Å². The van der Waals surface area contributed by atoms with E-state index in [-0.39, 0.29) is 35.2 Å². The Kier molecular flexibility index (Phi) is 5.11. The van der Waals surface area contributed by atoms with Crippen molar-refractivity contribution < 1.29 is 43.8 Å². The smallest absolute Gasteiger partial charge is 0.543 e. The van der Waals surface area contributed by atoms with Crippen LogP contribution < -0.4 is 40.4 Å². The molecule has 0 radical (unpaired) electrons. The summed E-state index contributed by atoms with van der Waals surface area (Å²) in [5, 5.41) is 9.38. The molecule has 0 saturated heterocycles. The third-order valence-electron chi connectivity index (χ3n) is 1.27. The summed E-state index contributed by atoms with van der Waals surface area (Å²) < 4.78 is 12.7. The number of carboxylic acid groups (broad SMARTS) is 1. The van der Waals surface area contributed by atoms with E-state index in [0.29, 0.717) is 0 Å². The van der Waals surface area contributed by atoms with E-state index < -0.39 is 27.7 Å². The quantitative estimate of drug-likeness (QED) is 0.438. The van der Waals surface area contributed by atoms with Gasteiger partial charge in [0.25, 0.3) is 0 Å². The Balaban J connectivity index is 0.00000169. The van der Waals surface area contributed by atoms with E-state index in [1.165, 1.54) is 0 Å². The van der Waals surface area contributed by atoms with Gasteiger partial charge in [-0.05, 0) is 0 Å². The Labute approximate surface area is 110 Å². The summed E-state index contributed by atoms with van der Waals surface area (Å²) in [7, 11) is 0. The number of nitrogens with zero attached hydrogens (tertiary/aromatic N) is 1. The van der Waals surface area contributed by atoms with E-state index in [4.69, 9.17) is 28.9 Å². The zero-order valence-corrected chi connectivity index (χ0v) is 10.5. The summed E-state index contributed by atoms with van der Waals surface area (Å²) in [6, 6.07) is 0. The maximum Gasteiger partial charge on any atom is 1.00 e. The Morgan fingerprint density at radius 2 is 1.93 bits per heavy atom. The summed E-state index contributed by atoms with van der Waals surface area (Å²) >= 11 is 10.7. The number of halogens is 3. The molecule has 0 aromatic carbocycles. The number of hydrogen-bond acceptors (Lipinski definition) is 4. The van der Waals surface area contributed by atoms with Crippen LogP contribution >= 0.6 is 23.2 Å². The molecule has 0 aliphatic heterocycles. The first-order chi connectivity index (χ1) is 5.95. The van der Waals surface area contributed by atoms with E-state index in [9.17, 15) is 14.3 Å². The Bertz CT molecular complexity index is 389. The molecule has 0 aliphatic rings. The fourth-order valence-corrected chi connectivity index (χ4v) is 1.07. The van der Waals surface area contributed by atoms with Gasteiger partial charge in [0.2, 0.25) is 5.95 Å². The summed E-state index contributed by atoms with van der Waals surface area (Å²) in [6.45, 7) is 0. The van der Waals surface area contributed by atoms with Crippen molar-refractivity contribution >= 4 is 34.9 Å². The zero-order chi connectivity index (χ0) is 10.2. The van der Waals surface area contributed by atoms with Gasteiger partial charge in [-0.15, -0.1) is 0 Å². The zero-order valence-electron chi connectivity index (χ0n) is 6.97. The van der Waals surface area contributed by atoms with Crippen molar-refractivity contribution in [2.75, 3.05) is 5.73 Å². The molecule has 1 aromatic rings. The normalized spacial score (nSPS) is 9.36. The molecule has 0 fully saturated rings. The third-order valence-corrected chi connectivity index (χ3v) is 2.01. The number of carboxylic acids is 1. The minimum atomic E-state index is -1.72. The standard InChI is InChI=1S/C6H3Cl2FN2O2.Na/c7-1-3(10)2(8)5(9)11-4(1)6(12)13;/h(H2,10,11)(H,12,13);/q;+1/p-1. The minimum absolute atomic E-state index is 0. The van der Waals surface area contributed by atoms with E-state index in [1.807, 2.05) is 0 Å². The molecule has 4 nitrogen and oxygen atoms in total. The van der Waals surface area contributed by atoms with Crippen LogP contribution in [-0.2, 0) is 0 Å². The van der Waals surface area contributed by atoms with Crippen molar-refractivity contribution in [1.82, 2.24) is 4.98 Å². The number of aromatic nitrogens is 1. The minimum Gasteiger partial charge on any atom is -0.543 e. The number of pyridine rings is 1. The second-order valence-corrected chi connectivity index (χ2v) is 2.84. The molecular formula is C6H2Cl2FN2NaO2. The molecule has 14 heavy (non-hydrogen) atoms. The monoisotopic (exact) mass is 246 g/mol. The molecular weight excluding hydrogens is 245 g/mol.